The highest BCUT2D eigenvalue weighted by atomic mass is 16.2. The molecule has 0 spiro atoms. The van der Waals surface area contributed by atoms with Crippen molar-refractivity contribution in [3.8, 4) is 0 Å². The average molecular weight is 195 g/mol. The molecule has 0 heterocycles. The topological polar surface area (TPSA) is 84.2 Å². The SMILES string of the molecule is C=CC(=O)NC(C=CN)NC(=O)C=C. The minimum atomic E-state index is -0.656. The molecule has 5 heteroatoms. The number of carbonyl (C=O) groups is 2. The van der Waals surface area contributed by atoms with Crippen LogP contribution in [-0.2, 0) is 9.59 Å². The second kappa shape index (κ2) is 6.47. The number of nitrogens with one attached hydrogen (secondary N) is 2. The molecule has 0 aromatic rings. The van der Waals surface area contributed by atoms with E-state index in [1.807, 2.05) is 0 Å². The summed E-state index contributed by atoms with van der Waals surface area (Å²) in [5.74, 6) is -0.810. The van der Waals surface area contributed by atoms with Crippen molar-refractivity contribution in [3.63, 3.8) is 0 Å². The minimum absolute atomic E-state index is 0.405. The smallest absolute Gasteiger partial charge is 0.245 e. The fourth-order valence-electron chi connectivity index (χ4n) is 0.668. The highest BCUT2D eigenvalue weighted by Crippen LogP contribution is 1.82. The zero-order valence-corrected chi connectivity index (χ0v) is 7.69. The Morgan fingerprint density at radius 3 is 1.86 bits per heavy atom. The summed E-state index contributed by atoms with van der Waals surface area (Å²) in [5, 5.41) is 4.86. The van der Waals surface area contributed by atoms with Crippen molar-refractivity contribution < 1.29 is 9.59 Å². The first-order valence-corrected chi connectivity index (χ1v) is 3.88. The van der Waals surface area contributed by atoms with Gasteiger partial charge < -0.3 is 16.4 Å². The van der Waals surface area contributed by atoms with E-state index in [-0.39, 0.29) is 0 Å². The number of amides is 2. The van der Waals surface area contributed by atoms with Crippen molar-refractivity contribution in [2.45, 2.75) is 6.17 Å². The fourth-order valence-corrected chi connectivity index (χ4v) is 0.668. The summed E-state index contributed by atoms with van der Waals surface area (Å²) in [5.41, 5.74) is 5.13. The van der Waals surface area contributed by atoms with Crippen LogP contribution < -0.4 is 16.4 Å². The molecule has 2 amide bonds. The van der Waals surface area contributed by atoms with E-state index in [1.165, 1.54) is 12.3 Å². The summed E-state index contributed by atoms with van der Waals surface area (Å²) in [6, 6.07) is 0. The predicted molar refractivity (Wildman–Crippen MR) is 53.8 cm³/mol. The summed E-state index contributed by atoms with van der Waals surface area (Å²) >= 11 is 0. The monoisotopic (exact) mass is 195 g/mol. The predicted octanol–water partition coefficient (Wildman–Crippen LogP) is -0.611. The van der Waals surface area contributed by atoms with Crippen LogP contribution in [0.4, 0.5) is 0 Å². The Morgan fingerprint density at radius 2 is 1.57 bits per heavy atom. The van der Waals surface area contributed by atoms with Crippen LogP contribution in [0, 0.1) is 0 Å². The van der Waals surface area contributed by atoms with E-state index >= 15 is 0 Å². The van der Waals surface area contributed by atoms with Gasteiger partial charge in [0.1, 0.15) is 6.17 Å². The normalized spacial score (nSPS) is 9.79. The molecule has 14 heavy (non-hydrogen) atoms. The van der Waals surface area contributed by atoms with Gasteiger partial charge in [-0.15, -0.1) is 0 Å². The van der Waals surface area contributed by atoms with Gasteiger partial charge in [0.05, 0.1) is 0 Å². The van der Waals surface area contributed by atoms with Gasteiger partial charge in [0.15, 0.2) is 0 Å². The van der Waals surface area contributed by atoms with Crippen molar-refractivity contribution in [3.05, 3.63) is 37.6 Å². The number of hydrogen-bond acceptors (Lipinski definition) is 3. The molecular formula is C9H13N3O2. The third-order valence-electron chi connectivity index (χ3n) is 1.27. The van der Waals surface area contributed by atoms with Crippen LogP contribution in [0.1, 0.15) is 0 Å². The van der Waals surface area contributed by atoms with Gasteiger partial charge in [-0.3, -0.25) is 9.59 Å². The van der Waals surface area contributed by atoms with E-state index in [9.17, 15) is 9.59 Å². The Bertz CT molecular complexity index is 249. The highest BCUT2D eigenvalue weighted by Gasteiger charge is 2.07. The van der Waals surface area contributed by atoms with E-state index in [1.54, 1.807) is 0 Å². The lowest BCUT2D eigenvalue weighted by Gasteiger charge is -2.14. The first-order valence-electron chi connectivity index (χ1n) is 3.88. The fraction of sp³-hybridized carbons (Fsp3) is 0.111. The van der Waals surface area contributed by atoms with E-state index < -0.39 is 18.0 Å². The van der Waals surface area contributed by atoms with Crippen LogP contribution in [0.25, 0.3) is 0 Å². The first-order chi connectivity index (χ1) is 6.63. The number of carbonyl (C=O) groups excluding carboxylic acids is 2. The first kappa shape index (κ1) is 12.0. The third kappa shape index (κ3) is 4.76. The quantitative estimate of drug-likeness (QED) is 0.404. The molecule has 0 aliphatic heterocycles. The lowest BCUT2D eigenvalue weighted by molar-refractivity contribution is -0.119. The summed E-state index contributed by atoms with van der Waals surface area (Å²) in [6.07, 6.45) is 4.17. The van der Waals surface area contributed by atoms with Crippen LogP contribution in [-0.4, -0.2) is 18.0 Å². The Labute approximate surface area is 82.4 Å². The number of nitrogens with two attached hydrogens (primary N) is 1. The van der Waals surface area contributed by atoms with Crippen molar-refractivity contribution in [1.82, 2.24) is 10.6 Å². The Kier molecular flexibility index (Phi) is 5.53. The Balaban J connectivity index is 4.28. The van der Waals surface area contributed by atoms with Crippen molar-refractivity contribution in [2.24, 2.45) is 5.73 Å². The van der Waals surface area contributed by atoms with Gasteiger partial charge in [0, 0.05) is 0 Å². The van der Waals surface area contributed by atoms with Crippen LogP contribution in [0.2, 0.25) is 0 Å². The molecule has 0 atom stereocenters. The Morgan fingerprint density at radius 1 is 1.14 bits per heavy atom. The molecule has 0 saturated heterocycles. The molecule has 0 fully saturated rings. The Hall–Kier alpha value is -2.04. The molecule has 0 aliphatic carbocycles. The summed E-state index contributed by atoms with van der Waals surface area (Å²) in [4.78, 5) is 21.8. The third-order valence-corrected chi connectivity index (χ3v) is 1.27. The maximum Gasteiger partial charge on any atom is 0.245 e. The molecule has 0 rings (SSSR count). The lowest BCUT2D eigenvalue weighted by Crippen LogP contribution is -2.45. The van der Waals surface area contributed by atoms with E-state index in [0.717, 1.165) is 12.2 Å². The molecule has 0 bridgehead atoms. The lowest BCUT2D eigenvalue weighted by atomic mass is 10.4. The van der Waals surface area contributed by atoms with Gasteiger partial charge >= 0.3 is 0 Å². The molecule has 4 N–H and O–H groups in total. The summed E-state index contributed by atoms with van der Waals surface area (Å²) in [7, 11) is 0. The number of hydrogen-bond donors (Lipinski definition) is 3. The minimum Gasteiger partial charge on any atom is -0.405 e. The molecule has 0 unspecified atom stereocenters. The average Bonchev–Trinajstić information content (AvgIpc) is 2.17. The van der Waals surface area contributed by atoms with Crippen molar-refractivity contribution >= 4 is 11.8 Å². The number of rotatable bonds is 5. The van der Waals surface area contributed by atoms with E-state index in [4.69, 9.17) is 5.73 Å². The van der Waals surface area contributed by atoms with Gasteiger partial charge in [-0.05, 0) is 24.4 Å². The van der Waals surface area contributed by atoms with Crippen molar-refractivity contribution in [1.29, 1.82) is 0 Å². The summed E-state index contributed by atoms with van der Waals surface area (Å²) < 4.78 is 0. The largest absolute Gasteiger partial charge is 0.405 e. The van der Waals surface area contributed by atoms with Gasteiger partial charge in [0.25, 0.3) is 0 Å². The van der Waals surface area contributed by atoms with Gasteiger partial charge in [-0.25, -0.2) is 0 Å². The van der Waals surface area contributed by atoms with Crippen LogP contribution >= 0.6 is 0 Å². The van der Waals surface area contributed by atoms with Crippen LogP contribution in [0.5, 0.6) is 0 Å². The van der Waals surface area contributed by atoms with E-state index in [2.05, 4.69) is 23.8 Å². The second-order valence-corrected chi connectivity index (χ2v) is 2.29. The molecule has 0 aromatic carbocycles. The molecule has 5 nitrogen and oxygen atoms in total. The zero-order valence-electron chi connectivity index (χ0n) is 7.69. The standard InChI is InChI=1S/C9H13N3O2/c1-3-8(13)11-7(5-6-10)12-9(14)4-2/h3-7H,1-2,10H2,(H,11,13)(H,12,14). The zero-order chi connectivity index (χ0) is 11.0. The van der Waals surface area contributed by atoms with Gasteiger partial charge in [0.2, 0.25) is 11.8 Å². The van der Waals surface area contributed by atoms with Crippen LogP contribution in [0.3, 0.4) is 0 Å². The second-order valence-electron chi connectivity index (χ2n) is 2.29. The molecular weight excluding hydrogens is 182 g/mol. The molecule has 0 aliphatic rings. The maximum absolute atomic E-state index is 10.9. The van der Waals surface area contributed by atoms with Crippen molar-refractivity contribution in [2.75, 3.05) is 0 Å². The summed E-state index contributed by atoms with van der Waals surface area (Å²) in [6.45, 7) is 6.55. The van der Waals surface area contributed by atoms with Gasteiger partial charge in [-0.1, -0.05) is 13.2 Å². The van der Waals surface area contributed by atoms with Crippen LogP contribution in [0.15, 0.2) is 37.6 Å². The molecule has 0 saturated carbocycles. The van der Waals surface area contributed by atoms with Gasteiger partial charge in [-0.2, -0.15) is 0 Å². The highest BCUT2D eigenvalue weighted by molar-refractivity contribution is 5.89. The molecule has 76 valence electrons. The molecule has 0 radical (unpaired) electrons. The molecule has 0 aromatic heterocycles. The maximum atomic E-state index is 10.9. The van der Waals surface area contributed by atoms with E-state index in [0.29, 0.717) is 0 Å².